The quantitative estimate of drug-likeness (QED) is 0.173. The molecule has 3 saturated heterocycles. The Morgan fingerprint density at radius 1 is 0.870 bits per heavy atom. The highest BCUT2D eigenvalue weighted by Crippen LogP contribution is 2.83. The number of epoxide rings is 1. The van der Waals surface area contributed by atoms with Crippen LogP contribution in [0.2, 0.25) is 36.3 Å². The molecule has 46 heavy (non-hydrogen) atoms. The van der Waals surface area contributed by atoms with Crippen LogP contribution >= 0.6 is 0 Å². The molecule has 3 aliphatic heterocycles. The van der Waals surface area contributed by atoms with Gasteiger partial charge in [-0.1, -0.05) is 69.2 Å². The maximum absolute atomic E-state index is 14.4. The molecule has 0 aromatic carbocycles. The molecule has 7 aliphatic rings. The van der Waals surface area contributed by atoms with E-state index in [0.717, 1.165) is 80.5 Å². The molecule has 8 rings (SSSR count). The lowest BCUT2D eigenvalue weighted by Crippen LogP contribution is -2.78. The number of carbonyl (C=O) groups excluding carboxylic acids is 1. The molecule has 7 fully saturated rings. The number of ketones is 1. The number of ether oxygens (including phenoxy) is 2. The van der Waals surface area contributed by atoms with E-state index in [1.165, 1.54) is 0 Å². The van der Waals surface area contributed by atoms with E-state index >= 15 is 0 Å². The zero-order valence-electron chi connectivity index (χ0n) is 30.6. The molecule has 1 aromatic heterocycles. The summed E-state index contributed by atoms with van der Waals surface area (Å²) in [5, 5.41) is 0. The van der Waals surface area contributed by atoms with E-state index in [-0.39, 0.29) is 45.6 Å². The second-order valence-electron chi connectivity index (χ2n) is 17.4. The maximum Gasteiger partial charge on any atom is 0.195 e. The van der Waals surface area contributed by atoms with Crippen LogP contribution in [0.4, 0.5) is 0 Å². The fraction of sp³-hybridized carbons (Fsp3) is 0.868. The molecule has 2 bridgehead atoms. The number of rotatable bonds is 11. The van der Waals surface area contributed by atoms with Gasteiger partial charge < -0.3 is 22.7 Å². The van der Waals surface area contributed by atoms with Crippen LogP contribution < -0.4 is 0 Å². The lowest BCUT2D eigenvalue weighted by atomic mass is 9.34. The first-order chi connectivity index (χ1) is 21.8. The lowest BCUT2D eigenvalue weighted by molar-refractivity contribution is -0.398. The minimum absolute atomic E-state index is 0.0241. The van der Waals surface area contributed by atoms with Crippen LogP contribution in [0.25, 0.3) is 0 Å². The van der Waals surface area contributed by atoms with Crippen LogP contribution in [0.3, 0.4) is 0 Å². The number of hydrogen-bond acceptors (Lipinski definition) is 6. The molecule has 4 heterocycles. The van der Waals surface area contributed by atoms with Gasteiger partial charge >= 0.3 is 0 Å². The lowest BCUT2D eigenvalue weighted by Gasteiger charge is -2.75. The summed E-state index contributed by atoms with van der Waals surface area (Å²) in [5.41, 5.74) is -0.221. The smallest absolute Gasteiger partial charge is 0.195 e. The molecule has 258 valence electrons. The van der Waals surface area contributed by atoms with E-state index < -0.39 is 28.0 Å². The SMILES string of the molecule is CC[Si](CC)(CC)O[C@@H]1C[C@H]2C(C)(C)C3(O[Si](CC)(CC)CC)CC[C@]2(CO3)[C@H]2CC[C@@]3(C)[C@H](c4ccoc4)C(=O)[C@H]4O[C@]43[C@@]21C. The monoisotopic (exact) mass is 670 g/mol. The van der Waals surface area contributed by atoms with Gasteiger partial charge in [-0.25, -0.2) is 0 Å². The van der Waals surface area contributed by atoms with Crippen molar-refractivity contribution < 1.29 is 27.5 Å². The normalized spacial score (nSPS) is 45.6. The number of hydrogen-bond donors (Lipinski definition) is 0. The first kappa shape index (κ1) is 33.7. The van der Waals surface area contributed by atoms with E-state index in [1.54, 1.807) is 12.5 Å². The number of furan rings is 1. The summed E-state index contributed by atoms with van der Waals surface area (Å²) < 4.78 is 35.1. The third-order valence-corrected chi connectivity index (χ3v) is 25.8. The highest BCUT2D eigenvalue weighted by molar-refractivity contribution is 6.74. The molecule has 4 aliphatic carbocycles. The molecule has 10 atom stereocenters. The van der Waals surface area contributed by atoms with E-state index in [4.69, 9.17) is 22.7 Å². The Balaban J connectivity index is 1.36. The topological polar surface area (TPSA) is 70.4 Å². The molecular formula is C38H62O6Si2. The largest absolute Gasteiger partial charge is 0.472 e. The van der Waals surface area contributed by atoms with Gasteiger partial charge in [0.2, 0.25) is 0 Å². The van der Waals surface area contributed by atoms with Gasteiger partial charge in [0.1, 0.15) is 11.7 Å². The Hall–Kier alpha value is -0.776. The van der Waals surface area contributed by atoms with Gasteiger partial charge in [0.15, 0.2) is 28.2 Å². The van der Waals surface area contributed by atoms with Crippen LogP contribution in [-0.4, -0.2) is 52.6 Å². The van der Waals surface area contributed by atoms with E-state index in [9.17, 15) is 4.79 Å². The third-order valence-electron chi connectivity index (χ3n) is 16.5. The van der Waals surface area contributed by atoms with Crippen LogP contribution in [-0.2, 0) is 23.1 Å². The van der Waals surface area contributed by atoms with Crippen molar-refractivity contribution in [2.24, 2.45) is 33.5 Å². The summed E-state index contributed by atoms with van der Waals surface area (Å²) in [6.45, 7) is 24.7. The van der Waals surface area contributed by atoms with Crippen molar-refractivity contribution in [1.82, 2.24) is 0 Å². The van der Waals surface area contributed by atoms with Crippen molar-refractivity contribution in [2.75, 3.05) is 6.61 Å². The summed E-state index contributed by atoms with van der Waals surface area (Å²) in [4.78, 5) is 14.4. The number of fused-ring (bicyclic) bond motifs is 3. The molecule has 2 spiro atoms. The summed E-state index contributed by atoms with van der Waals surface area (Å²) in [5.74, 6) is 0.325. The Kier molecular flexibility index (Phi) is 7.78. The van der Waals surface area contributed by atoms with Gasteiger partial charge in [-0.05, 0) is 79.9 Å². The van der Waals surface area contributed by atoms with Crippen molar-refractivity contribution in [3.05, 3.63) is 24.2 Å². The van der Waals surface area contributed by atoms with Gasteiger partial charge in [0.05, 0.1) is 31.2 Å². The van der Waals surface area contributed by atoms with Gasteiger partial charge in [-0.2, -0.15) is 0 Å². The number of Topliss-reactive ketones (excluding diaryl/α,β-unsaturated/α-hetero) is 1. The molecule has 4 saturated carbocycles. The zero-order chi connectivity index (χ0) is 33.2. The van der Waals surface area contributed by atoms with Gasteiger partial charge in [0, 0.05) is 33.6 Å². The molecule has 8 heteroatoms. The van der Waals surface area contributed by atoms with E-state index in [2.05, 4.69) is 69.2 Å². The van der Waals surface area contributed by atoms with Crippen molar-refractivity contribution in [3.63, 3.8) is 0 Å². The Morgan fingerprint density at radius 3 is 2.07 bits per heavy atom. The fourth-order valence-corrected chi connectivity index (χ4v) is 19.3. The highest BCUT2D eigenvalue weighted by Gasteiger charge is 2.90. The molecule has 1 unspecified atom stereocenters. The standard InChI is InChI=1S/C38H62O6Si2/c1-11-45(12-2,13-3)43-29-23-28-33(7,8)37(44-46(14-4,15-5)16-6)21-20-36(28,25-41-37)27-17-19-34(9)30(26-18-22-40-24-26)31(39)32-38(34,42-32)35(27,29)10/h18,22,24,27-30,32H,11-17,19-21,23,25H2,1-10H3/t27-,28-,29+,30+,32+,34-,35-,36-,37?,38+/m0/s1. The molecule has 6 nitrogen and oxygen atoms in total. The van der Waals surface area contributed by atoms with Gasteiger partial charge in [-0.15, -0.1) is 0 Å². The van der Waals surface area contributed by atoms with Crippen molar-refractivity contribution >= 4 is 22.4 Å². The molecule has 0 amide bonds. The van der Waals surface area contributed by atoms with Crippen molar-refractivity contribution in [2.45, 2.75) is 167 Å². The first-order valence-electron chi connectivity index (χ1n) is 19.0. The predicted octanol–water partition coefficient (Wildman–Crippen LogP) is 9.47. The third kappa shape index (κ3) is 3.76. The van der Waals surface area contributed by atoms with Gasteiger partial charge in [0.25, 0.3) is 0 Å². The minimum atomic E-state index is -2.01. The fourth-order valence-electron chi connectivity index (χ4n) is 13.3. The Morgan fingerprint density at radius 2 is 1.52 bits per heavy atom. The molecule has 0 radical (unpaired) electrons. The molecule has 1 aromatic rings. The maximum atomic E-state index is 14.4. The van der Waals surface area contributed by atoms with E-state index in [1.807, 2.05) is 6.07 Å². The molecule has 0 N–H and O–H groups in total. The average molecular weight is 671 g/mol. The summed E-state index contributed by atoms with van der Waals surface area (Å²) >= 11 is 0. The van der Waals surface area contributed by atoms with E-state index in [0.29, 0.717) is 11.8 Å². The van der Waals surface area contributed by atoms with Crippen molar-refractivity contribution in [1.29, 1.82) is 0 Å². The second-order valence-corrected chi connectivity index (χ2v) is 26.8. The Bertz CT molecular complexity index is 1310. The van der Waals surface area contributed by atoms with Gasteiger partial charge in [-0.3, -0.25) is 4.79 Å². The first-order valence-corrected chi connectivity index (χ1v) is 24.1. The Labute approximate surface area is 280 Å². The van der Waals surface area contributed by atoms with Crippen LogP contribution in [0.5, 0.6) is 0 Å². The highest BCUT2D eigenvalue weighted by atomic mass is 28.4. The summed E-state index contributed by atoms with van der Waals surface area (Å²) in [7, 11) is -3.94. The number of carbonyl (C=O) groups is 1. The average Bonchev–Trinajstić information content (AvgIpc) is 3.55. The predicted molar refractivity (Wildman–Crippen MR) is 186 cm³/mol. The van der Waals surface area contributed by atoms with Crippen molar-refractivity contribution in [3.8, 4) is 0 Å². The zero-order valence-corrected chi connectivity index (χ0v) is 32.6. The minimum Gasteiger partial charge on any atom is -0.472 e. The van der Waals surface area contributed by atoms with Crippen LogP contribution in [0.15, 0.2) is 23.0 Å². The second kappa shape index (κ2) is 10.6. The molecular weight excluding hydrogens is 609 g/mol. The van der Waals surface area contributed by atoms with Crippen LogP contribution in [0, 0.1) is 33.5 Å². The van der Waals surface area contributed by atoms with Crippen LogP contribution in [0.1, 0.15) is 113 Å². The summed E-state index contributed by atoms with van der Waals surface area (Å²) in [6.07, 6.45) is 8.35. The summed E-state index contributed by atoms with van der Waals surface area (Å²) in [6, 6.07) is 8.77.